The predicted octanol–water partition coefficient (Wildman–Crippen LogP) is 0.898. The Bertz CT molecular complexity index is 367. The lowest BCUT2D eigenvalue weighted by Gasteiger charge is -2.32. The summed E-state index contributed by atoms with van der Waals surface area (Å²) in [5.74, 6) is -2.76. The molecule has 0 saturated heterocycles. The second kappa shape index (κ2) is 5.28. The minimum absolute atomic E-state index is 0.662. The standard InChI is InChI=1S/C10H12F3NO4/c1-5-8(14-9(16)10(11,12)13)7(3-4-17-5)18-6(2)15/h3-5,7-8H,1-2H3,(H,14,16)/t5-,7-,8+/m0/s1. The van der Waals surface area contributed by atoms with Gasteiger partial charge in [0, 0.05) is 6.92 Å². The van der Waals surface area contributed by atoms with Crippen LogP contribution in [0.2, 0.25) is 0 Å². The fraction of sp³-hybridized carbons (Fsp3) is 0.600. The number of halogens is 3. The van der Waals surface area contributed by atoms with Gasteiger partial charge >= 0.3 is 18.1 Å². The van der Waals surface area contributed by atoms with Gasteiger partial charge in [-0.2, -0.15) is 13.2 Å². The Morgan fingerprint density at radius 3 is 2.50 bits per heavy atom. The van der Waals surface area contributed by atoms with Gasteiger partial charge in [-0.3, -0.25) is 9.59 Å². The maximum absolute atomic E-state index is 12.1. The van der Waals surface area contributed by atoms with Crippen LogP contribution in [0.4, 0.5) is 13.2 Å². The van der Waals surface area contributed by atoms with Gasteiger partial charge in [-0.25, -0.2) is 0 Å². The lowest BCUT2D eigenvalue weighted by atomic mass is 10.0. The van der Waals surface area contributed by atoms with Gasteiger partial charge in [-0.1, -0.05) is 0 Å². The normalized spacial score (nSPS) is 27.3. The Morgan fingerprint density at radius 2 is 2.00 bits per heavy atom. The molecular formula is C10H12F3NO4. The van der Waals surface area contributed by atoms with Crippen molar-refractivity contribution in [3.05, 3.63) is 12.3 Å². The van der Waals surface area contributed by atoms with E-state index < -0.39 is 36.3 Å². The minimum atomic E-state index is -5.00. The van der Waals surface area contributed by atoms with Crippen LogP contribution in [-0.2, 0) is 19.1 Å². The third-order valence-electron chi connectivity index (χ3n) is 2.28. The molecule has 18 heavy (non-hydrogen) atoms. The number of hydrogen-bond acceptors (Lipinski definition) is 4. The molecule has 0 radical (unpaired) electrons. The van der Waals surface area contributed by atoms with Crippen LogP contribution in [0.3, 0.4) is 0 Å². The molecule has 3 atom stereocenters. The number of ether oxygens (including phenoxy) is 2. The number of hydrogen-bond donors (Lipinski definition) is 1. The van der Waals surface area contributed by atoms with E-state index in [-0.39, 0.29) is 0 Å². The predicted molar refractivity (Wildman–Crippen MR) is 53.2 cm³/mol. The second-order valence-corrected chi connectivity index (χ2v) is 3.74. The zero-order valence-electron chi connectivity index (χ0n) is 9.65. The third kappa shape index (κ3) is 3.64. The smallest absolute Gasteiger partial charge is 0.471 e. The van der Waals surface area contributed by atoms with Gasteiger partial charge in [0.2, 0.25) is 0 Å². The number of carbonyl (C=O) groups is 2. The first kappa shape index (κ1) is 14.3. The van der Waals surface area contributed by atoms with E-state index >= 15 is 0 Å². The SMILES string of the molecule is CC(=O)O[C@H]1C=CO[C@@H](C)[C@H]1NC(=O)C(F)(F)F. The van der Waals surface area contributed by atoms with E-state index in [1.54, 1.807) is 5.32 Å². The first-order chi connectivity index (χ1) is 8.21. The summed E-state index contributed by atoms with van der Waals surface area (Å²) in [7, 11) is 0. The van der Waals surface area contributed by atoms with Crippen LogP contribution < -0.4 is 5.32 Å². The van der Waals surface area contributed by atoms with Crippen molar-refractivity contribution in [1.29, 1.82) is 0 Å². The van der Waals surface area contributed by atoms with Gasteiger partial charge in [-0.05, 0) is 13.0 Å². The summed E-state index contributed by atoms with van der Waals surface area (Å²) in [6.45, 7) is 2.58. The molecule has 1 N–H and O–H groups in total. The van der Waals surface area contributed by atoms with Gasteiger partial charge in [0.15, 0.2) is 0 Å². The molecular weight excluding hydrogens is 255 g/mol. The maximum atomic E-state index is 12.1. The molecule has 0 aromatic rings. The first-order valence-corrected chi connectivity index (χ1v) is 5.09. The summed E-state index contributed by atoms with van der Waals surface area (Å²) in [6, 6.07) is -1.09. The Labute approximate surface area is 101 Å². The zero-order chi connectivity index (χ0) is 13.9. The van der Waals surface area contributed by atoms with Gasteiger partial charge in [0.25, 0.3) is 0 Å². The number of carbonyl (C=O) groups excluding carboxylic acids is 2. The quantitative estimate of drug-likeness (QED) is 0.755. The Morgan fingerprint density at radius 1 is 1.39 bits per heavy atom. The van der Waals surface area contributed by atoms with Crippen LogP contribution >= 0.6 is 0 Å². The number of rotatable bonds is 2. The van der Waals surface area contributed by atoms with E-state index in [0.29, 0.717) is 0 Å². The average Bonchev–Trinajstić information content (AvgIpc) is 2.20. The number of amides is 1. The van der Waals surface area contributed by atoms with E-state index in [1.807, 2.05) is 0 Å². The van der Waals surface area contributed by atoms with Gasteiger partial charge in [-0.15, -0.1) is 0 Å². The third-order valence-corrected chi connectivity index (χ3v) is 2.28. The number of esters is 1. The summed E-state index contributed by atoms with van der Waals surface area (Å²) in [5, 5.41) is 1.75. The number of nitrogens with one attached hydrogen (secondary N) is 1. The van der Waals surface area contributed by atoms with Gasteiger partial charge < -0.3 is 14.8 Å². The topological polar surface area (TPSA) is 64.6 Å². The van der Waals surface area contributed by atoms with Crippen LogP contribution in [0, 0.1) is 0 Å². The summed E-state index contributed by atoms with van der Waals surface area (Å²) in [4.78, 5) is 21.7. The van der Waals surface area contributed by atoms with Crippen LogP contribution in [0.25, 0.3) is 0 Å². The van der Waals surface area contributed by atoms with Crippen molar-refractivity contribution in [3.8, 4) is 0 Å². The van der Waals surface area contributed by atoms with E-state index in [4.69, 9.17) is 9.47 Å². The van der Waals surface area contributed by atoms with Crippen molar-refractivity contribution in [2.75, 3.05) is 0 Å². The molecule has 5 nitrogen and oxygen atoms in total. The number of alkyl halides is 3. The van der Waals surface area contributed by atoms with Crippen LogP contribution in [0.15, 0.2) is 12.3 Å². The van der Waals surface area contributed by atoms with Crippen molar-refractivity contribution < 1.29 is 32.2 Å². The highest BCUT2D eigenvalue weighted by atomic mass is 19.4. The molecule has 0 fully saturated rings. The fourth-order valence-corrected chi connectivity index (χ4v) is 1.46. The molecule has 0 aromatic carbocycles. The monoisotopic (exact) mass is 267 g/mol. The van der Waals surface area contributed by atoms with Gasteiger partial charge in [0.05, 0.1) is 6.26 Å². The van der Waals surface area contributed by atoms with Crippen molar-refractivity contribution >= 4 is 11.9 Å². The molecule has 0 unspecified atom stereocenters. The van der Waals surface area contributed by atoms with Crippen molar-refractivity contribution in [1.82, 2.24) is 5.32 Å². The molecule has 1 amide bonds. The Kier molecular flexibility index (Phi) is 4.20. The highest BCUT2D eigenvalue weighted by Crippen LogP contribution is 2.19. The molecule has 0 aromatic heterocycles. The molecule has 0 spiro atoms. The zero-order valence-corrected chi connectivity index (χ0v) is 9.65. The fourth-order valence-electron chi connectivity index (χ4n) is 1.46. The Balaban J connectivity index is 2.78. The van der Waals surface area contributed by atoms with Crippen LogP contribution in [-0.4, -0.2) is 36.3 Å². The first-order valence-electron chi connectivity index (χ1n) is 5.09. The van der Waals surface area contributed by atoms with E-state index in [1.165, 1.54) is 19.3 Å². The molecule has 1 aliphatic heterocycles. The minimum Gasteiger partial charge on any atom is -0.496 e. The highest BCUT2D eigenvalue weighted by molar-refractivity contribution is 5.82. The van der Waals surface area contributed by atoms with Crippen molar-refractivity contribution in [2.24, 2.45) is 0 Å². The Hall–Kier alpha value is -1.73. The van der Waals surface area contributed by atoms with Gasteiger partial charge in [0.1, 0.15) is 18.2 Å². The lowest BCUT2D eigenvalue weighted by molar-refractivity contribution is -0.177. The average molecular weight is 267 g/mol. The summed E-state index contributed by atoms with van der Waals surface area (Å²) < 4.78 is 46.2. The highest BCUT2D eigenvalue weighted by Gasteiger charge is 2.43. The van der Waals surface area contributed by atoms with Crippen LogP contribution in [0.5, 0.6) is 0 Å². The molecule has 102 valence electrons. The molecule has 1 heterocycles. The maximum Gasteiger partial charge on any atom is 0.471 e. The van der Waals surface area contributed by atoms with Crippen LogP contribution in [0.1, 0.15) is 13.8 Å². The molecule has 0 aliphatic carbocycles. The summed E-state index contributed by atoms with van der Waals surface area (Å²) in [6.07, 6.45) is -4.25. The molecule has 0 bridgehead atoms. The van der Waals surface area contributed by atoms with Crippen molar-refractivity contribution in [2.45, 2.75) is 38.3 Å². The van der Waals surface area contributed by atoms with E-state index in [0.717, 1.165) is 6.92 Å². The largest absolute Gasteiger partial charge is 0.496 e. The molecule has 0 saturated carbocycles. The van der Waals surface area contributed by atoms with E-state index in [9.17, 15) is 22.8 Å². The molecule has 1 aliphatic rings. The molecule has 8 heteroatoms. The lowest BCUT2D eigenvalue weighted by Crippen LogP contribution is -2.55. The summed E-state index contributed by atoms with van der Waals surface area (Å²) in [5.41, 5.74) is 0. The molecule has 1 rings (SSSR count). The summed E-state index contributed by atoms with van der Waals surface area (Å²) >= 11 is 0. The second-order valence-electron chi connectivity index (χ2n) is 3.74. The van der Waals surface area contributed by atoms with E-state index in [2.05, 4.69) is 0 Å². The van der Waals surface area contributed by atoms with Crippen molar-refractivity contribution in [3.63, 3.8) is 0 Å².